The number of methoxy groups -OCH3 is 2. The fourth-order valence-corrected chi connectivity index (χ4v) is 2.15. The standard InChI is InChI=1S/C18H21N3O5/c1-12(22)21-14-4-7-18(20-10-14)26-11-17(23)19-9-13-8-15(24-2)5-6-16(13)25-3/h4-8,10H,9,11H2,1-3H3,(H,19,23)(H,21,22). The molecule has 138 valence electrons. The monoisotopic (exact) mass is 359 g/mol. The van der Waals surface area contributed by atoms with Crippen LogP contribution in [0.3, 0.4) is 0 Å². The molecular formula is C18H21N3O5. The number of carbonyl (C=O) groups excluding carboxylic acids is 2. The van der Waals surface area contributed by atoms with Gasteiger partial charge in [0.25, 0.3) is 5.91 Å². The van der Waals surface area contributed by atoms with Gasteiger partial charge in [-0.1, -0.05) is 0 Å². The van der Waals surface area contributed by atoms with Crippen molar-refractivity contribution in [3.8, 4) is 17.4 Å². The van der Waals surface area contributed by atoms with E-state index in [9.17, 15) is 9.59 Å². The van der Waals surface area contributed by atoms with Crippen LogP contribution in [0.15, 0.2) is 36.5 Å². The van der Waals surface area contributed by atoms with Crippen molar-refractivity contribution in [3.05, 3.63) is 42.1 Å². The van der Waals surface area contributed by atoms with E-state index in [1.807, 2.05) is 0 Å². The van der Waals surface area contributed by atoms with E-state index in [1.54, 1.807) is 44.6 Å². The smallest absolute Gasteiger partial charge is 0.258 e. The van der Waals surface area contributed by atoms with E-state index in [1.165, 1.54) is 13.1 Å². The summed E-state index contributed by atoms with van der Waals surface area (Å²) in [7, 11) is 3.13. The van der Waals surface area contributed by atoms with Crippen molar-refractivity contribution < 1.29 is 23.8 Å². The molecule has 2 N–H and O–H groups in total. The number of benzene rings is 1. The van der Waals surface area contributed by atoms with Gasteiger partial charge in [0.05, 0.1) is 26.1 Å². The van der Waals surface area contributed by atoms with Gasteiger partial charge in [0.1, 0.15) is 11.5 Å². The molecule has 2 rings (SSSR count). The van der Waals surface area contributed by atoms with Crippen LogP contribution in [0.1, 0.15) is 12.5 Å². The Morgan fingerprint density at radius 3 is 2.54 bits per heavy atom. The molecule has 0 atom stereocenters. The highest BCUT2D eigenvalue weighted by atomic mass is 16.5. The van der Waals surface area contributed by atoms with Crippen LogP contribution in [-0.4, -0.2) is 37.6 Å². The summed E-state index contributed by atoms with van der Waals surface area (Å²) >= 11 is 0. The predicted molar refractivity (Wildman–Crippen MR) is 95.4 cm³/mol. The molecule has 1 heterocycles. The number of carbonyl (C=O) groups is 2. The van der Waals surface area contributed by atoms with Crippen molar-refractivity contribution in [2.45, 2.75) is 13.5 Å². The van der Waals surface area contributed by atoms with Gasteiger partial charge in [-0.3, -0.25) is 9.59 Å². The third-order valence-electron chi connectivity index (χ3n) is 3.37. The Kier molecular flexibility index (Phi) is 6.78. The maximum Gasteiger partial charge on any atom is 0.258 e. The van der Waals surface area contributed by atoms with Gasteiger partial charge in [-0.15, -0.1) is 0 Å². The Balaban J connectivity index is 1.85. The molecule has 0 unspecified atom stereocenters. The summed E-state index contributed by atoms with van der Waals surface area (Å²) in [4.78, 5) is 26.9. The van der Waals surface area contributed by atoms with Crippen LogP contribution in [-0.2, 0) is 16.1 Å². The topological polar surface area (TPSA) is 98.8 Å². The van der Waals surface area contributed by atoms with E-state index in [-0.39, 0.29) is 30.8 Å². The first-order valence-electron chi connectivity index (χ1n) is 7.86. The van der Waals surface area contributed by atoms with Crippen molar-refractivity contribution in [2.24, 2.45) is 0 Å². The van der Waals surface area contributed by atoms with E-state index in [0.29, 0.717) is 17.2 Å². The zero-order valence-corrected chi connectivity index (χ0v) is 14.9. The van der Waals surface area contributed by atoms with Crippen LogP contribution >= 0.6 is 0 Å². The summed E-state index contributed by atoms with van der Waals surface area (Å²) in [6.45, 7) is 1.50. The number of nitrogens with one attached hydrogen (secondary N) is 2. The molecule has 0 spiro atoms. The first kappa shape index (κ1) is 19.0. The van der Waals surface area contributed by atoms with Crippen LogP contribution in [0.25, 0.3) is 0 Å². The molecule has 2 aromatic rings. The maximum absolute atomic E-state index is 12.0. The van der Waals surface area contributed by atoms with Gasteiger partial charge in [0.15, 0.2) is 6.61 Å². The summed E-state index contributed by atoms with van der Waals surface area (Å²) in [5, 5.41) is 5.35. The Hall–Kier alpha value is -3.29. The molecule has 0 aliphatic rings. The van der Waals surface area contributed by atoms with Gasteiger partial charge >= 0.3 is 0 Å². The maximum atomic E-state index is 12.0. The average molecular weight is 359 g/mol. The van der Waals surface area contributed by atoms with Crippen LogP contribution in [0.2, 0.25) is 0 Å². The molecule has 0 radical (unpaired) electrons. The van der Waals surface area contributed by atoms with Crippen molar-refractivity contribution >= 4 is 17.5 Å². The number of amides is 2. The SMILES string of the molecule is COc1ccc(OC)c(CNC(=O)COc2ccc(NC(C)=O)cn2)c1. The second-order valence-corrected chi connectivity index (χ2v) is 5.31. The lowest BCUT2D eigenvalue weighted by Crippen LogP contribution is -2.28. The largest absolute Gasteiger partial charge is 0.497 e. The summed E-state index contributed by atoms with van der Waals surface area (Å²) in [5.74, 6) is 1.13. The van der Waals surface area contributed by atoms with E-state index in [4.69, 9.17) is 14.2 Å². The van der Waals surface area contributed by atoms with E-state index < -0.39 is 0 Å². The number of nitrogens with zero attached hydrogens (tertiary/aromatic N) is 1. The number of pyridine rings is 1. The molecule has 0 fully saturated rings. The lowest BCUT2D eigenvalue weighted by molar-refractivity contribution is -0.123. The second kappa shape index (κ2) is 9.26. The normalized spacial score (nSPS) is 9.96. The summed E-state index contributed by atoms with van der Waals surface area (Å²) < 4.78 is 15.8. The van der Waals surface area contributed by atoms with Gasteiger partial charge in [-0.25, -0.2) is 4.98 Å². The minimum Gasteiger partial charge on any atom is -0.497 e. The quantitative estimate of drug-likeness (QED) is 0.745. The highest BCUT2D eigenvalue weighted by Crippen LogP contribution is 2.23. The average Bonchev–Trinajstić information content (AvgIpc) is 2.65. The molecular weight excluding hydrogens is 338 g/mol. The summed E-state index contributed by atoms with van der Waals surface area (Å²) in [5.41, 5.74) is 1.34. The first-order chi connectivity index (χ1) is 12.5. The Morgan fingerprint density at radius 2 is 1.92 bits per heavy atom. The number of hydrogen-bond donors (Lipinski definition) is 2. The molecule has 1 aromatic carbocycles. The van der Waals surface area contributed by atoms with Gasteiger partial charge in [-0.2, -0.15) is 0 Å². The Bertz CT molecular complexity index is 762. The number of anilines is 1. The number of aromatic nitrogens is 1. The van der Waals surface area contributed by atoms with Gasteiger partial charge < -0.3 is 24.8 Å². The number of ether oxygens (including phenoxy) is 3. The zero-order chi connectivity index (χ0) is 18.9. The van der Waals surface area contributed by atoms with Gasteiger partial charge in [0, 0.05) is 25.1 Å². The number of rotatable bonds is 8. The van der Waals surface area contributed by atoms with Crippen molar-refractivity contribution in [1.82, 2.24) is 10.3 Å². The van der Waals surface area contributed by atoms with Crippen molar-refractivity contribution in [2.75, 3.05) is 26.1 Å². The molecule has 0 saturated carbocycles. The second-order valence-electron chi connectivity index (χ2n) is 5.31. The van der Waals surface area contributed by atoms with Gasteiger partial charge in [-0.05, 0) is 24.3 Å². The highest BCUT2D eigenvalue weighted by Gasteiger charge is 2.08. The minimum atomic E-state index is -0.303. The molecule has 8 nitrogen and oxygen atoms in total. The molecule has 26 heavy (non-hydrogen) atoms. The van der Waals surface area contributed by atoms with Gasteiger partial charge in [0.2, 0.25) is 11.8 Å². The predicted octanol–water partition coefficient (Wildman–Crippen LogP) is 1.75. The third-order valence-corrected chi connectivity index (χ3v) is 3.37. The summed E-state index contributed by atoms with van der Waals surface area (Å²) in [6, 6.07) is 8.57. The molecule has 0 aliphatic carbocycles. The van der Waals surface area contributed by atoms with Crippen molar-refractivity contribution in [1.29, 1.82) is 0 Å². The van der Waals surface area contributed by atoms with Crippen LogP contribution in [0, 0.1) is 0 Å². The fraction of sp³-hybridized carbons (Fsp3) is 0.278. The fourth-order valence-electron chi connectivity index (χ4n) is 2.15. The number of hydrogen-bond acceptors (Lipinski definition) is 6. The van der Waals surface area contributed by atoms with Crippen LogP contribution < -0.4 is 24.8 Å². The van der Waals surface area contributed by atoms with Crippen LogP contribution in [0.4, 0.5) is 5.69 Å². The van der Waals surface area contributed by atoms with Crippen molar-refractivity contribution in [3.63, 3.8) is 0 Å². The molecule has 8 heteroatoms. The molecule has 0 bridgehead atoms. The Morgan fingerprint density at radius 1 is 1.12 bits per heavy atom. The molecule has 1 aromatic heterocycles. The lowest BCUT2D eigenvalue weighted by atomic mass is 10.2. The lowest BCUT2D eigenvalue weighted by Gasteiger charge is -2.12. The zero-order valence-electron chi connectivity index (χ0n) is 14.9. The first-order valence-corrected chi connectivity index (χ1v) is 7.86. The summed E-state index contributed by atoms with van der Waals surface area (Å²) in [6.07, 6.45) is 1.45. The minimum absolute atomic E-state index is 0.182. The van der Waals surface area contributed by atoms with E-state index in [0.717, 1.165) is 5.56 Å². The van der Waals surface area contributed by atoms with E-state index >= 15 is 0 Å². The Labute approximate surface area is 151 Å². The van der Waals surface area contributed by atoms with Crippen LogP contribution in [0.5, 0.6) is 17.4 Å². The molecule has 0 saturated heterocycles. The highest BCUT2D eigenvalue weighted by molar-refractivity contribution is 5.88. The van der Waals surface area contributed by atoms with E-state index in [2.05, 4.69) is 15.6 Å². The molecule has 2 amide bonds. The third kappa shape index (κ3) is 5.66. The molecule has 0 aliphatic heterocycles.